The number of hydrogen-bond donors (Lipinski definition) is 2. The standard InChI is InChI=1S/C19H25FN4OS/c1-3-23-7-9-24(10-8-23)18-5-4-15(20)12-17(18)14(2)21-19(25)22-16-6-11-26-13-16/h4-6,11-14H,3,7-10H2,1-2H3,(H2,21,22,25). The molecule has 0 aliphatic carbocycles. The zero-order valence-corrected chi connectivity index (χ0v) is 16.0. The number of amides is 2. The van der Waals surface area contributed by atoms with Gasteiger partial charge in [0.05, 0.1) is 11.7 Å². The molecule has 1 atom stereocenters. The zero-order valence-electron chi connectivity index (χ0n) is 15.2. The third-order valence-corrected chi connectivity index (χ3v) is 5.43. The van der Waals surface area contributed by atoms with Gasteiger partial charge in [-0.15, -0.1) is 0 Å². The summed E-state index contributed by atoms with van der Waals surface area (Å²) in [7, 11) is 0. The summed E-state index contributed by atoms with van der Waals surface area (Å²) < 4.78 is 13.9. The number of hydrogen-bond acceptors (Lipinski definition) is 4. The van der Waals surface area contributed by atoms with Crippen LogP contribution in [0.5, 0.6) is 0 Å². The highest BCUT2D eigenvalue weighted by molar-refractivity contribution is 7.08. The van der Waals surface area contributed by atoms with Crippen molar-refractivity contribution >= 4 is 28.7 Å². The molecular formula is C19H25FN4OS. The Labute approximate surface area is 157 Å². The maximum atomic E-state index is 13.9. The number of carbonyl (C=O) groups is 1. The van der Waals surface area contributed by atoms with Crippen molar-refractivity contribution in [2.45, 2.75) is 19.9 Å². The van der Waals surface area contributed by atoms with Crippen LogP contribution in [0.3, 0.4) is 0 Å². The minimum atomic E-state index is -0.302. The summed E-state index contributed by atoms with van der Waals surface area (Å²) >= 11 is 1.52. The van der Waals surface area contributed by atoms with E-state index >= 15 is 0 Å². The minimum absolute atomic E-state index is 0.289. The molecule has 1 fully saturated rings. The van der Waals surface area contributed by atoms with Crippen LogP contribution in [0.25, 0.3) is 0 Å². The van der Waals surface area contributed by atoms with Gasteiger partial charge in [-0.2, -0.15) is 11.3 Å². The van der Waals surface area contributed by atoms with E-state index in [0.717, 1.165) is 49.7 Å². The van der Waals surface area contributed by atoms with Crippen LogP contribution in [0.4, 0.5) is 20.6 Å². The van der Waals surface area contributed by atoms with E-state index in [1.165, 1.54) is 23.5 Å². The van der Waals surface area contributed by atoms with Crippen LogP contribution >= 0.6 is 11.3 Å². The number of benzene rings is 1. The van der Waals surface area contributed by atoms with E-state index in [1.807, 2.05) is 29.8 Å². The molecule has 2 amide bonds. The van der Waals surface area contributed by atoms with Crippen LogP contribution in [-0.2, 0) is 0 Å². The first-order chi connectivity index (χ1) is 12.6. The number of urea groups is 1. The quantitative estimate of drug-likeness (QED) is 0.832. The average molecular weight is 377 g/mol. The Morgan fingerprint density at radius 1 is 1.27 bits per heavy atom. The fourth-order valence-electron chi connectivity index (χ4n) is 3.24. The van der Waals surface area contributed by atoms with Crippen molar-refractivity contribution in [1.29, 1.82) is 0 Å². The van der Waals surface area contributed by atoms with Gasteiger partial charge in [-0.25, -0.2) is 9.18 Å². The normalized spacial score (nSPS) is 16.3. The maximum Gasteiger partial charge on any atom is 0.319 e. The fourth-order valence-corrected chi connectivity index (χ4v) is 3.83. The number of thiophene rings is 1. The molecule has 2 heterocycles. The molecule has 2 N–H and O–H groups in total. The molecule has 140 valence electrons. The predicted octanol–water partition coefficient (Wildman–Crippen LogP) is 3.91. The van der Waals surface area contributed by atoms with Crippen LogP contribution in [0.2, 0.25) is 0 Å². The van der Waals surface area contributed by atoms with Crippen molar-refractivity contribution < 1.29 is 9.18 Å². The van der Waals surface area contributed by atoms with Crippen molar-refractivity contribution in [3.8, 4) is 0 Å². The number of likely N-dealkylation sites (N-methyl/N-ethyl adjacent to an activating group) is 1. The van der Waals surface area contributed by atoms with E-state index in [-0.39, 0.29) is 17.9 Å². The molecule has 5 nitrogen and oxygen atoms in total. The van der Waals surface area contributed by atoms with Crippen molar-refractivity contribution in [3.63, 3.8) is 0 Å². The molecule has 7 heteroatoms. The second kappa shape index (κ2) is 8.51. The number of anilines is 2. The lowest BCUT2D eigenvalue weighted by molar-refractivity contribution is 0.249. The topological polar surface area (TPSA) is 47.6 Å². The molecule has 1 aliphatic heterocycles. The summed E-state index contributed by atoms with van der Waals surface area (Å²) in [5.74, 6) is -0.289. The summed E-state index contributed by atoms with van der Waals surface area (Å²) in [6.45, 7) is 8.89. The Balaban J connectivity index is 1.71. The molecule has 0 bridgehead atoms. The Morgan fingerprint density at radius 3 is 2.69 bits per heavy atom. The van der Waals surface area contributed by atoms with Crippen molar-refractivity contribution in [3.05, 3.63) is 46.4 Å². The smallest absolute Gasteiger partial charge is 0.319 e. The first-order valence-electron chi connectivity index (χ1n) is 8.93. The van der Waals surface area contributed by atoms with Crippen LogP contribution in [0, 0.1) is 5.82 Å². The molecule has 0 radical (unpaired) electrons. The molecule has 0 spiro atoms. The molecule has 26 heavy (non-hydrogen) atoms. The van der Waals surface area contributed by atoms with Crippen molar-refractivity contribution in [2.75, 3.05) is 42.9 Å². The van der Waals surface area contributed by atoms with Crippen LogP contribution < -0.4 is 15.5 Å². The van der Waals surface area contributed by atoms with Crippen LogP contribution in [0.1, 0.15) is 25.5 Å². The Bertz CT molecular complexity index is 729. The van der Waals surface area contributed by atoms with Crippen molar-refractivity contribution in [2.24, 2.45) is 0 Å². The Hall–Kier alpha value is -2.12. The molecule has 2 aromatic rings. The SMILES string of the molecule is CCN1CCN(c2ccc(F)cc2C(C)NC(=O)Nc2ccsc2)CC1. The summed E-state index contributed by atoms with van der Waals surface area (Å²) in [6, 6.07) is 6.09. The summed E-state index contributed by atoms with van der Waals surface area (Å²) in [4.78, 5) is 16.9. The van der Waals surface area contributed by atoms with Gasteiger partial charge in [-0.05, 0) is 43.1 Å². The van der Waals surface area contributed by atoms with Gasteiger partial charge in [-0.3, -0.25) is 0 Å². The van der Waals surface area contributed by atoms with Crippen LogP contribution in [-0.4, -0.2) is 43.7 Å². The van der Waals surface area contributed by atoms with Gasteiger partial charge < -0.3 is 20.4 Å². The van der Waals surface area contributed by atoms with Gasteiger partial charge in [-0.1, -0.05) is 6.92 Å². The molecule has 1 saturated heterocycles. The van der Waals surface area contributed by atoms with Gasteiger partial charge in [0.2, 0.25) is 0 Å². The predicted molar refractivity (Wildman–Crippen MR) is 106 cm³/mol. The Kier molecular flexibility index (Phi) is 6.11. The highest BCUT2D eigenvalue weighted by Crippen LogP contribution is 2.28. The number of nitrogens with one attached hydrogen (secondary N) is 2. The van der Waals surface area contributed by atoms with Crippen LogP contribution in [0.15, 0.2) is 35.0 Å². The average Bonchev–Trinajstić information content (AvgIpc) is 3.14. The minimum Gasteiger partial charge on any atom is -0.369 e. The molecular weight excluding hydrogens is 351 g/mol. The van der Waals surface area contributed by atoms with Gasteiger partial charge in [0.1, 0.15) is 5.82 Å². The van der Waals surface area contributed by atoms with E-state index < -0.39 is 0 Å². The van der Waals surface area contributed by atoms with E-state index in [0.29, 0.717) is 0 Å². The van der Waals surface area contributed by atoms with Gasteiger partial charge >= 0.3 is 6.03 Å². The lowest BCUT2D eigenvalue weighted by atomic mass is 10.0. The molecule has 1 aliphatic rings. The monoisotopic (exact) mass is 376 g/mol. The lowest BCUT2D eigenvalue weighted by Gasteiger charge is -2.37. The maximum absolute atomic E-state index is 13.9. The molecule has 1 aromatic carbocycles. The van der Waals surface area contributed by atoms with E-state index in [9.17, 15) is 9.18 Å². The lowest BCUT2D eigenvalue weighted by Crippen LogP contribution is -2.46. The van der Waals surface area contributed by atoms with Gasteiger partial charge in [0.25, 0.3) is 0 Å². The van der Waals surface area contributed by atoms with E-state index in [4.69, 9.17) is 0 Å². The van der Waals surface area contributed by atoms with E-state index in [1.54, 1.807) is 0 Å². The third-order valence-electron chi connectivity index (χ3n) is 4.74. The summed E-state index contributed by atoms with van der Waals surface area (Å²) in [5.41, 5.74) is 2.55. The third kappa shape index (κ3) is 4.53. The zero-order chi connectivity index (χ0) is 18.5. The number of halogens is 1. The van der Waals surface area contributed by atoms with E-state index in [2.05, 4.69) is 27.4 Å². The molecule has 1 unspecified atom stereocenters. The second-order valence-corrected chi connectivity index (χ2v) is 7.24. The number of carbonyl (C=O) groups excluding carboxylic acids is 1. The molecule has 3 rings (SSSR count). The molecule has 1 aromatic heterocycles. The van der Waals surface area contributed by atoms with Gasteiger partial charge in [0.15, 0.2) is 0 Å². The summed E-state index contributed by atoms with van der Waals surface area (Å²) in [6.07, 6.45) is 0. The summed E-state index contributed by atoms with van der Waals surface area (Å²) in [5, 5.41) is 9.48. The number of rotatable bonds is 5. The van der Waals surface area contributed by atoms with Crippen molar-refractivity contribution in [1.82, 2.24) is 10.2 Å². The highest BCUT2D eigenvalue weighted by atomic mass is 32.1. The highest BCUT2D eigenvalue weighted by Gasteiger charge is 2.21. The number of nitrogens with zero attached hydrogens (tertiary/aromatic N) is 2. The second-order valence-electron chi connectivity index (χ2n) is 6.46. The Morgan fingerprint density at radius 2 is 2.04 bits per heavy atom. The fraction of sp³-hybridized carbons (Fsp3) is 0.421. The largest absolute Gasteiger partial charge is 0.369 e. The van der Waals surface area contributed by atoms with Gasteiger partial charge in [0, 0.05) is 42.8 Å². The first-order valence-corrected chi connectivity index (χ1v) is 9.87. The number of piperazine rings is 1. The molecule has 0 saturated carbocycles. The first kappa shape index (κ1) is 18.7.